The molecule has 2 N–H and O–H groups in total. The minimum atomic E-state index is 0.466. The molecule has 0 bridgehead atoms. The number of aromatic nitrogens is 2. The summed E-state index contributed by atoms with van der Waals surface area (Å²) in [5, 5.41) is 10.1. The van der Waals surface area contributed by atoms with Crippen LogP contribution in [0.25, 0.3) is 5.70 Å². The van der Waals surface area contributed by atoms with Gasteiger partial charge in [-0.15, -0.1) is 0 Å². The van der Waals surface area contributed by atoms with Gasteiger partial charge >= 0.3 is 0 Å². The van der Waals surface area contributed by atoms with Crippen LogP contribution in [0, 0.1) is 6.92 Å². The monoisotopic (exact) mass is 285 g/mol. The van der Waals surface area contributed by atoms with Crippen molar-refractivity contribution in [1.82, 2.24) is 15.5 Å². The topological polar surface area (TPSA) is 49.9 Å². The summed E-state index contributed by atoms with van der Waals surface area (Å²) in [4.78, 5) is 0. The fraction of sp³-hybridized carbons (Fsp3) is 0.353. The summed E-state index contributed by atoms with van der Waals surface area (Å²) < 4.78 is 5.43. The third-order valence-corrected chi connectivity index (χ3v) is 3.75. The maximum absolute atomic E-state index is 5.43. The number of H-pyrrole nitrogens is 1. The van der Waals surface area contributed by atoms with Gasteiger partial charge in [-0.3, -0.25) is 5.10 Å². The van der Waals surface area contributed by atoms with Gasteiger partial charge in [0.2, 0.25) is 0 Å². The summed E-state index contributed by atoms with van der Waals surface area (Å²) in [6.45, 7) is 11.3. The Morgan fingerprint density at radius 3 is 2.76 bits per heavy atom. The third kappa shape index (κ3) is 3.27. The predicted octanol–water partition coefficient (Wildman–Crippen LogP) is 3.61. The normalized spacial score (nSPS) is 10.7. The van der Waals surface area contributed by atoms with Gasteiger partial charge in [-0.05, 0) is 35.6 Å². The summed E-state index contributed by atoms with van der Waals surface area (Å²) in [6.07, 6.45) is 3.59. The average molecular weight is 285 g/mol. The molecule has 1 heterocycles. The van der Waals surface area contributed by atoms with Crippen molar-refractivity contribution in [2.45, 2.75) is 33.2 Å². The second-order valence-corrected chi connectivity index (χ2v) is 5.43. The van der Waals surface area contributed by atoms with Crippen LogP contribution in [0.3, 0.4) is 0 Å². The fourth-order valence-corrected chi connectivity index (χ4v) is 2.47. The molecule has 2 rings (SSSR count). The molecule has 0 spiro atoms. The van der Waals surface area contributed by atoms with Crippen molar-refractivity contribution in [2.24, 2.45) is 0 Å². The summed E-state index contributed by atoms with van der Waals surface area (Å²) >= 11 is 0. The molecule has 0 fully saturated rings. The molecule has 0 saturated heterocycles. The molecular formula is C17H23N3O. The molecule has 1 aromatic carbocycles. The lowest BCUT2D eigenvalue weighted by molar-refractivity contribution is 0.410. The Hall–Kier alpha value is -2.23. The smallest absolute Gasteiger partial charge is 0.122 e. The summed E-state index contributed by atoms with van der Waals surface area (Å²) in [5.41, 5.74) is 5.62. The van der Waals surface area contributed by atoms with E-state index >= 15 is 0 Å². The van der Waals surface area contributed by atoms with Gasteiger partial charge < -0.3 is 10.1 Å². The summed E-state index contributed by atoms with van der Waals surface area (Å²) in [5.74, 6) is 1.39. The van der Waals surface area contributed by atoms with Gasteiger partial charge in [0.1, 0.15) is 5.75 Å². The lowest BCUT2D eigenvalue weighted by atomic mass is 9.93. The second kappa shape index (κ2) is 6.48. The standard InChI is InChI=1S/C17H23N3O/c1-11(2)15-6-7-17(21-5)12(3)16(15)10-18-13(4)14-8-19-20-9-14/h6-9,11,18H,4,10H2,1-3,5H3,(H,19,20). The van der Waals surface area contributed by atoms with E-state index in [0.717, 1.165) is 23.6 Å². The predicted molar refractivity (Wildman–Crippen MR) is 86.3 cm³/mol. The molecule has 0 aliphatic rings. The molecule has 112 valence electrons. The number of nitrogens with zero attached hydrogens (tertiary/aromatic N) is 1. The highest BCUT2D eigenvalue weighted by molar-refractivity contribution is 5.60. The number of hydrogen-bond donors (Lipinski definition) is 2. The molecule has 4 heteroatoms. The van der Waals surface area contributed by atoms with Crippen LogP contribution in [0.5, 0.6) is 5.75 Å². The van der Waals surface area contributed by atoms with Crippen LogP contribution in [-0.2, 0) is 6.54 Å². The van der Waals surface area contributed by atoms with Gasteiger partial charge in [0.25, 0.3) is 0 Å². The molecule has 0 aliphatic heterocycles. The molecule has 0 atom stereocenters. The SMILES string of the molecule is C=C(NCc1c(C(C)C)ccc(OC)c1C)c1cn[nH]c1. The Labute approximate surface area is 126 Å². The van der Waals surface area contributed by atoms with E-state index in [0.29, 0.717) is 5.92 Å². The van der Waals surface area contributed by atoms with Crippen LogP contribution < -0.4 is 10.1 Å². The van der Waals surface area contributed by atoms with E-state index in [9.17, 15) is 0 Å². The van der Waals surface area contributed by atoms with Gasteiger partial charge in [0, 0.05) is 24.0 Å². The molecule has 0 saturated carbocycles. The molecule has 0 amide bonds. The van der Waals surface area contributed by atoms with E-state index in [2.05, 4.69) is 48.9 Å². The maximum Gasteiger partial charge on any atom is 0.122 e. The first-order valence-corrected chi connectivity index (χ1v) is 7.12. The first-order valence-electron chi connectivity index (χ1n) is 7.12. The van der Waals surface area contributed by atoms with Crippen molar-refractivity contribution in [3.05, 3.63) is 53.4 Å². The number of rotatable bonds is 6. The molecule has 0 unspecified atom stereocenters. The number of benzene rings is 1. The minimum absolute atomic E-state index is 0.466. The van der Waals surface area contributed by atoms with Crippen LogP contribution in [0.4, 0.5) is 0 Å². The highest BCUT2D eigenvalue weighted by Gasteiger charge is 2.13. The highest BCUT2D eigenvalue weighted by Crippen LogP contribution is 2.29. The van der Waals surface area contributed by atoms with E-state index < -0.39 is 0 Å². The van der Waals surface area contributed by atoms with Crippen LogP contribution in [0.15, 0.2) is 31.1 Å². The molecule has 2 aromatic rings. The average Bonchev–Trinajstić information content (AvgIpc) is 2.99. The number of ether oxygens (including phenoxy) is 1. The maximum atomic E-state index is 5.43. The first-order chi connectivity index (χ1) is 10.0. The zero-order valence-corrected chi connectivity index (χ0v) is 13.2. The van der Waals surface area contributed by atoms with Crippen LogP contribution in [0.1, 0.15) is 42.0 Å². The van der Waals surface area contributed by atoms with E-state index in [4.69, 9.17) is 4.74 Å². The van der Waals surface area contributed by atoms with E-state index in [1.54, 1.807) is 13.3 Å². The number of aromatic amines is 1. The second-order valence-electron chi connectivity index (χ2n) is 5.43. The molecule has 21 heavy (non-hydrogen) atoms. The van der Waals surface area contributed by atoms with Crippen LogP contribution >= 0.6 is 0 Å². The van der Waals surface area contributed by atoms with Gasteiger partial charge in [-0.1, -0.05) is 26.5 Å². The lowest BCUT2D eigenvalue weighted by Crippen LogP contribution is -2.14. The van der Waals surface area contributed by atoms with Crippen molar-refractivity contribution in [3.8, 4) is 5.75 Å². The zero-order chi connectivity index (χ0) is 15.4. The van der Waals surface area contributed by atoms with Crippen molar-refractivity contribution in [2.75, 3.05) is 7.11 Å². The molecule has 0 aliphatic carbocycles. The molecule has 4 nitrogen and oxygen atoms in total. The van der Waals surface area contributed by atoms with Gasteiger partial charge in [0.15, 0.2) is 0 Å². The van der Waals surface area contributed by atoms with E-state index in [-0.39, 0.29) is 0 Å². The third-order valence-electron chi connectivity index (χ3n) is 3.75. The largest absolute Gasteiger partial charge is 0.496 e. The number of hydrogen-bond acceptors (Lipinski definition) is 3. The van der Waals surface area contributed by atoms with Crippen molar-refractivity contribution >= 4 is 5.70 Å². The Morgan fingerprint density at radius 1 is 1.43 bits per heavy atom. The van der Waals surface area contributed by atoms with Crippen LogP contribution in [-0.4, -0.2) is 17.3 Å². The van der Waals surface area contributed by atoms with Crippen LogP contribution in [0.2, 0.25) is 0 Å². The quantitative estimate of drug-likeness (QED) is 0.852. The first kappa shape index (κ1) is 15.2. The van der Waals surface area contributed by atoms with Crippen molar-refractivity contribution in [1.29, 1.82) is 0 Å². The number of nitrogens with one attached hydrogen (secondary N) is 2. The zero-order valence-electron chi connectivity index (χ0n) is 13.2. The Balaban J connectivity index is 2.23. The lowest BCUT2D eigenvalue weighted by Gasteiger charge is -2.19. The van der Waals surface area contributed by atoms with Gasteiger partial charge in [-0.25, -0.2) is 0 Å². The molecule has 0 radical (unpaired) electrons. The van der Waals surface area contributed by atoms with Crippen molar-refractivity contribution < 1.29 is 4.74 Å². The Bertz CT molecular complexity index is 615. The Morgan fingerprint density at radius 2 is 2.19 bits per heavy atom. The number of methoxy groups -OCH3 is 1. The van der Waals surface area contributed by atoms with Gasteiger partial charge in [-0.2, -0.15) is 5.10 Å². The van der Waals surface area contributed by atoms with Gasteiger partial charge in [0.05, 0.1) is 13.3 Å². The van der Waals surface area contributed by atoms with E-state index in [1.165, 1.54) is 16.7 Å². The summed E-state index contributed by atoms with van der Waals surface area (Å²) in [7, 11) is 1.71. The minimum Gasteiger partial charge on any atom is -0.496 e. The summed E-state index contributed by atoms with van der Waals surface area (Å²) in [6, 6.07) is 4.19. The van der Waals surface area contributed by atoms with Crippen molar-refractivity contribution in [3.63, 3.8) is 0 Å². The molecular weight excluding hydrogens is 262 g/mol. The van der Waals surface area contributed by atoms with E-state index in [1.807, 2.05) is 12.3 Å². The Kier molecular flexibility index (Phi) is 4.68. The molecule has 1 aromatic heterocycles. The fourth-order valence-electron chi connectivity index (χ4n) is 2.47. The highest BCUT2D eigenvalue weighted by atomic mass is 16.5.